The van der Waals surface area contributed by atoms with Crippen molar-refractivity contribution in [1.29, 1.82) is 0 Å². The summed E-state index contributed by atoms with van der Waals surface area (Å²) < 4.78 is 0. The molecule has 2 aliphatic rings. The van der Waals surface area contributed by atoms with Gasteiger partial charge in [0.15, 0.2) is 0 Å². The third-order valence-electron chi connectivity index (χ3n) is 14.4. The lowest BCUT2D eigenvalue weighted by Gasteiger charge is -2.30. The van der Waals surface area contributed by atoms with E-state index >= 15 is 0 Å². The molecule has 0 saturated carbocycles. The van der Waals surface area contributed by atoms with E-state index in [0.29, 0.717) is 0 Å². The molecule has 11 aromatic rings. The van der Waals surface area contributed by atoms with Crippen LogP contribution < -0.4 is 0 Å². The Labute approximate surface area is 392 Å². The highest BCUT2D eigenvalue weighted by Crippen LogP contribution is 2.63. The third-order valence-corrected chi connectivity index (χ3v) is 14.4. The van der Waals surface area contributed by atoms with Crippen molar-refractivity contribution in [3.05, 3.63) is 289 Å². The standard InChI is InChI=1S/C67H44/c1-4-16-45(17-5-1)47-28-30-50(31-29-47)55-42-60(51-20-8-3-9-21-51)66(61(43-55)52-36-32-48(33-37-52)46-18-6-2-7-19-46)53-38-34-49(35-39-53)54-40-41-59-58-24-12-15-27-64(58)67(65(59)44-54)62-25-13-10-22-56(62)57-23-11-14-26-63(57)67/h1-44H. The largest absolute Gasteiger partial charge is 0.0725 e. The van der Waals surface area contributed by atoms with E-state index in [1.165, 1.54) is 122 Å². The average Bonchev–Trinajstić information content (AvgIpc) is 3.88. The summed E-state index contributed by atoms with van der Waals surface area (Å²) in [7, 11) is 0. The molecule has 312 valence electrons. The Hall–Kier alpha value is -8.58. The highest BCUT2D eigenvalue weighted by molar-refractivity contribution is 5.99. The van der Waals surface area contributed by atoms with E-state index in [1.807, 2.05) is 0 Å². The number of hydrogen-bond donors (Lipinski definition) is 0. The molecule has 0 fully saturated rings. The van der Waals surface area contributed by atoms with Crippen LogP contribution in [0.1, 0.15) is 22.3 Å². The molecular formula is C67H44. The molecule has 67 heavy (non-hydrogen) atoms. The molecule has 13 rings (SSSR count). The van der Waals surface area contributed by atoms with Crippen molar-refractivity contribution in [2.45, 2.75) is 5.41 Å². The summed E-state index contributed by atoms with van der Waals surface area (Å²) in [5.41, 5.74) is 27.1. The maximum Gasteiger partial charge on any atom is 0.0725 e. The summed E-state index contributed by atoms with van der Waals surface area (Å²) in [5.74, 6) is 0. The first-order valence-corrected chi connectivity index (χ1v) is 23.3. The van der Waals surface area contributed by atoms with Crippen molar-refractivity contribution in [3.63, 3.8) is 0 Å². The molecule has 1 spiro atoms. The van der Waals surface area contributed by atoms with Crippen molar-refractivity contribution < 1.29 is 0 Å². The van der Waals surface area contributed by atoms with Gasteiger partial charge in [-0.2, -0.15) is 0 Å². The van der Waals surface area contributed by atoms with Crippen LogP contribution in [0.15, 0.2) is 267 Å². The summed E-state index contributed by atoms with van der Waals surface area (Å²) in [6, 6.07) is 98.8. The molecular weight excluding hydrogens is 805 g/mol. The molecule has 0 saturated heterocycles. The van der Waals surface area contributed by atoms with Gasteiger partial charge < -0.3 is 0 Å². The molecule has 0 amide bonds. The summed E-state index contributed by atoms with van der Waals surface area (Å²) in [4.78, 5) is 0. The fourth-order valence-electron chi connectivity index (χ4n) is 11.3. The van der Waals surface area contributed by atoms with Crippen LogP contribution in [-0.2, 0) is 5.41 Å². The van der Waals surface area contributed by atoms with E-state index in [0.717, 1.165) is 0 Å². The molecule has 0 heterocycles. The Kier molecular flexibility index (Phi) is 9.18. The Morgan fingerprint density at radius 1 is 0.164 bits per heavy atom. The molecule has 0 aromatic heterocycles. The summed E-state index contributed by atoms with van der Waals surface area (Å²) >= 11 is 0. The van der Waals surface area contributed by atoms with Crippen LogP contribution in [0.25, 0.3) is 100 Å². The third kappa shape index (κ3) is 6.29. The molecule has 0 N–H and O–H groups in total. The zero-order chi connectivity index (χ0) is 44.3. The second-order valence-corrected chi connectivity index (χ2v) is 17.9. The van der Waals surface area contributed by atoms with Gasteiger partial charge in [-0.15, -0.1) is 0 Å². The predicted molar refractivity (Wildman–Crippen MR) is 281 cm³/mol. The molecule has 0 radical (unpaired) electrons. The minimum absolute atomic E-state index is 0.381. The van der Waals surface area contributed by atoms with Crippen LogP contribution in [0, 0.1) is 0 Å². The fourth-order valence-corrected chi connectivity index (χ4v) is 11.3. The second-order valence-electron chi connectivity index (χ2n) is 17.9. The molecule has 2 aliphatic carbocycles. The SMILES string of the molecule is c1ccc(-c2ccc(-c3cc(-c4ccccc4)c(-c4ccc(-c5ccc6c(c5)C5(c7ccccc7-c7ccccc75)c5ccccc5-6)cc4)c(-c4ccc(-c5ccccc5)cc4)c3)cc2)cc1. The fraction of sp³-hybridized carbons (Fsp3) is 0.0149. The first-order valence-electron chi connectivity index (χ1n) is 23.3. The van der Waals surface area contributed by atoms with Crippen LogP contribution >= 0.6 is 0 Å². The van der Waals surface area contributed by atoms with E-state index in [1.54, 1.807) is 0 Å². The normalized spacial score (nSPS) is 12.6. The molecule has 0 atom stereocenters. The molecule has 0 nitrogen and oxygen atoms in total. The van der Waals surface area contributed by atoms with E-state index in [-0.39, 0.29) is 5.41 Å². The van der Waals surface area contributed by atoms with E-state index in [4.69, 9.17) is 0 Å². The molecule has 0 heteroatoms. The number of rotatable bonds is 7. The van der Waals surface area contributed by atoms with Crippen LogP contribution in [0.3, 0.4) is 0 Å². The van der Waals surface area contributed by atoms with Gasteiger partial charge in [-0.3, -0.25) is 0 Å². The first kappa shape index (κ1) is 38.8. The smallest absolute Gasteiger partial charge is 0.0622 e. The second kappa shape index (κ2) is 15.8. The molecule has 0 unspecified atom stereocenters. The van der Waals surface area contributed by atoms with Crippen molar-refractivity contribution in [3.8, 4) is 100 Å². The van der Waals surface area contributed by atoms with Crippen molar-refractivity contribution in [2.75, 3.05) is 0 Å². The van der Waals surface area contributed by atoms with E-state index in [2.05, 4.69) is 267 Å². The molecule has 0 aliphatic heterocycles. The van der Waals surface area contributed by atoms with Crippen LogP contribution in [0.2, 0.25) is 0 Å². The van der Waals surface area contributed by atoms with Crippen molar-refractivity contribution in [1.82, 2.24) is 0 Å². The van der Waals surface area contributed by atoms with Gasteiger partial charge in [0, 0.05) is 0 Å². The number of hydrogen-bond acceptors (Lipinski definition) is 0. The Morgan fingerprint density at radius 3 is 0.925 bits per heavy atom. The minimum atomic E-state index is -0.381. The van der Waals surface area contributed by atoms with Crippen LogP contribution in [0.4, 0.5) is 0 Å². The van der Waals surface area contributed by atoms with Gasteiger partial charge in [-0.25, -0.2) is 0 Å². The minimum Gasteiger partial charge on any atom is -0.0622 e. The van der Waals surface area contributed by atoms with Gasteiger partial charge in [0.05, 0.1) is 5.41 Å². The van der Waals surface area contributed by atoms with E-state index in [9.17, 15) is 0 Å². The first-order chi connectivity index (χ1) is 33.2. The molecule has 11 aromatic carbocycles. The zero-order valence-corrected chi connectivity index (χ0v) is 36.9. The topological polar surface area (TPSA) is 0 Å². The average molecular weight is 849 g/mol. The molecule has 0 bridgehead atoms. The maximum atomic E-state index is 2.48. The van der Waals surface area contributed by atoms with Gasteiger partial charge in [-0.1, -0.05) is 249 Å². The highest BCUT2D eigenvalue weighted by atomic mass is 14.5. The zero-order valence-electron chi connectivity index (χ0n) is 36.9. The summed E-state index contributed by atoms with van der Waals surface area (Å²) in [5, 5.41) is 0. The Morgan fingerprint density at radius 2 is 0.463 bits per heavy atom. The van der Waals surface area contributed by atoms with Gasteiger partial charge in [0.2, 0.25) is 0 Å². The van der Waals surface area contributed by atoms with Gasteiger partial charge in [0.1, 0.15) is 0 Å². The monoisotopic (exact) mass is 848 g/mol. The predicted octanol–water partition coefficient (Wildman–Crippen LogP) is 17.7. The van der Waals surface area contributed by atoms with Crippen LogP contribution in [-0.4, -0.2) is 0 Å². The Bertz CT molecular complexity index is 3560. The van der Waals surface area contributed by atoms with Crippen LogP contribution in [0.5, 0.6) is 0 Å². The summed E-state index contributed by atoms with van der Waals surface area (Å²) in [6.07, 6.45) is 0. The number of fused-ring (bicyclic) bond motifs is 10. The van der Waals surface area contributed by atoms with Gasteiger partial charge >= 0.3 is 0 Å². The van der Waals surface area contributed by atoms with Crippen molar-refractivity contribution in [2.24, 2.45) is 0 Å². The maximum absolute atomic E-state index is 2.48. The lowest BCUT2D eigenvalue weighted by Crippen LogP contribution is -2.25. The van der Waals surface area contributed by atoms with E-state index < -0.39 is 0 Å². The lowest BCUT2D eigenvalue weighted by atomic mass is 9.70. The lowest BCUT2D eigenvalue weighted by molar-refractivity contribution is 0.794. The highest BCUT2D eigenvalue weighted by Gasteiger charge is 2.51. The van der Waals surface area contributed by atoms with Gasteiger partial charge in [-0.05, 0) is 141 Å². The quantitative estimate of drug-likeness (QED) is 0.150. The number of benzene rings is 11. The van der Waals surface area contributed by atoms with Gasteiger partial charge in [0.25, 0.3) is 0 Å². The Balaban J connectivity index is 0.966. The van der Waals surface area contributed by atoms with Crippen molar-refractivity contribution >= 4 is 0 Å². The summed E-state index contributed by atoms with van der Waals surface area (Å²) in [6.45, 7) is 0.